The van der Waals surface area contributed by atoms with Gasteiger partial charge in [-0.25, -0.2) is 4.39 Å². The largest absolute Gasteiger partial charge is 0.484 e. The first-order valence-electron chi connectivity index (χ1n) is 7.11. The number of carbonyl (C=O) groups excluding carboxylic acids is 2. The predicted octanol–water partition coefficient (Wildman–Crippen LogP) is 3.76. The number of amides is 2. The lowest BCUT2D eigenvalue weighted by atomic mass is 10.1. The summed E-state index contributed by atoms with van der Waals surface area (Å²) < 4.78 is 18.3. The molecule has 2 N–H and O–H groups in total. The van der Waals surface area contributed by atoms with Crippen LogP contribution >= 0.6 is 11.6 Å². The van der Waals surface area contributed by atoms with Gasteiger partial charge in [-0.05, 0) is 36.8 Å². The van der Waals surface area contributed by atoms with Gasteiger partial charge in [-0.1, -0.05) is 17.7 Å². The second kappa shape index (κ2) is 7.79. The summed E-state index contributed by atoms with van der Waals surface area (Å²) in [7, 11) is 0. The van der Waals surface area contributed by atoms with Gasteiger partial charge in [0, 0.05) is 24.4 Å². The van der Waals surface area contributed by atoms with Crippen LogP contribution in [-0.2, 0) is 9.59 Å². The van der Waals surface area contributed by atoms with Gasteiger partial charge in [0.2, 0.25) is 5.91 Å². The number of benzene rings is 2. The molecule has 0 spiro atoms. The van der Waals surface area contributed by atoms with Gasteiger partial charge in [0.05, 0.1) is 5.02 Å². The number of hydrogen-bond donors (Lipinski definition) is 2. The van der Waals surface area contributed by atoms with Crippen LogP contribution in [0, 0.1) is 12.7 Å². The van der Waals surface area contributed by atoms with E-state index < -0.39 is 11.7 Å². The molecule has 2 rings (SSSR count). The molecule has 0 radical (unpaired) electrons. The predicted molar refractivity (Wildman–Crippen MR) is 91.0 cm³/mol. The molecule has 0 bridgehead atoms. The molecule has 0 heterocycles. The van der Waals surface area contributed by atoms with Crippen molar-refractivity contribution in [3.05, 3.63) is 52.8 Å². The third-order valence-electron chi connectivity index (χ3n) is 3.09. The molecule has 126 valence electrons. The van der Waals surface area contributed by atoms with Gasteiger partial charge < -0.3 is 15.4 Å². The molecule has 2 aromatic carbocycles. The van der Waals surface area contributed by atoms with E-state index in [0.29, 0.717) is 17.1 Å². The summed E-state index contributed by atoms with van der Waals surface area (Å²) in [6, 6.07) is 8.99. The smallest absolute Gasteiger partial charge is 0.262 e. The zero-order chi connectivity index (χ0) is 17.7. The molecule has 0 unspecified atom stereocenters. The summed E-state index contributed by atoms with van der Waals surface area (Å²) in [6.07, 6.45) is 0. The molecular weight excluding hydrogens is 335 g/mol. The third-order valence-corrected chi connectivity index (χ3v) is 3.38. The molecule has 0 aliphatic rings. The van der Waals surface area contributed by atoms with Crippen LogP contribution in [0.4, 0.5) is 15.8 Å². The number of halogens is 2. The number of rotatable bonds is 5. The molecule has 0 aliphatic heterocycles. The van der Waals surface area contributed by atoms with E-state index in [2.05, 4.69) is 10.6 Å². The number of hydrogen-bond acceptors (Lipinski definition) is 3. The van der Waals surface area contributed by atoms with E-state index in [4.69, 9.17) is 16.3 Å². The van der Waals surface area contributed by atoms with Crippen LogP contribution in [0.25, 0.3) is 0 Å². The van der Waals surface area contributed by atoms with Crippen LogP contribution in [0.15, 0.2) is 36.4 Å². The molecule has 5 nitrogen and oxygen atoms in total. The SMILES string of the molecule is CC(=O)Nc1cc(NC(=O)COc2ccc(F)c(Cl)c2)ccc1C. The Balaban J connectivity index is 1.96. The second-order valence-corrected chi connectivity index (χ2v) is 5.53. The molecule has 0 atom stereocenters. The molecule has 0 saturated heterocycles. The maximum Gasteiger partial charge on any atom is 0.262 e. The minimum atomic E-state index is -0.557. The first-order chi connectivity index (χ1) is 11.3. The first-order valence-corrected chi connectivity index (χ1v) is 7.49. The Kier molecular flexibility index (Phi) is 5.76. The van der Waals surface area contributed by atoms with Crippen molar-refractivity contribution >= 4 is 34.8 Å². The fraction of sp³-hybridized carbons (Fsp3) is 0.176. The van der Waals surface area contributed by atoms with Crippen molar-refractivity contribution in [2.45, 2.75) is 13.8 Å². The highest BCUT2D eigenvalue weighted by molar-refractivity contribution is 6.30. The average molecular weight is 351 g/mol. The standard InChI is InChI=1S/C17H16ClFN2O3/c1-10-3-4-12(7-16(10)20-11(2)22)21-17(23)9-24-13-5-6-15(19)14(18)8-13/h3-8H,9H2,1-2H3,(H,20,22)(H,21,23). The fourth-order valence-corrected chi connectivity index (χ4v) is 2.11. The Bertz CT molecular complexity index is 780. The Morgan fingerprint density at radius 2 is 1.92 bits per heavy atom. The number of ether oxygens (including phenoxy) is 1. The lowest BCUT2D eigenvalue weighted by Gasteiger charge is -2.11. The molecule has 0 fully saturated rings. The summed E-state index contributed by atoms with van der Waals surface area (Å²) in [5.41, 5.74) is 2.02. The van der Waals surface area contributed by atoms with E-state index in [9.17, 15) is 14.0 Å². The average Bonchev–Trinajstić information content (AvgIpc) is 2.51. The van der Waals surface area contributed by atoms with E-state index in [1.165, 1.54) is 19.1 Å². The summed E-state index contributed by atoms with van der Waals surface area (Å²) in [6.45, 7) is 3.00. The van der Waals surface area contributed by atoms with Gasteiger partial charge in [-0.15, -0.1) is 0 Å². The third kappa shape index (κ3) is 4.96. The van der Waals surface area contributed by atoms with Crippen LogP contribution in [0.1, 0.15) is 12.5 Å². The van der Waals surface area contributed by atoms with Gasteiger partial charge in [0.15, 0.2) is 6.61 Å². The normalized spacial score (nSPS) is 10.2. The topological polar surface area (TPSA) is 67.4 Å². The van der Waals surface area contributed by atoms with Crippen molar-refractivity contribution < 1.29 is 18.7 Å². The van der Waals surface area contributed by atoms with Crippen molar-refractivity contribution in [2.75, 3.05) is 17.2 Å². The van der Waals surface area contributed by atoms with Crippen LogP contribution in [0.5, 0.6) is 5.75 Å². The van der Waals surface area contributed by atoms with Gasteiger partial charge in [0.1, 0.15) is 11.6 Å². The molecule has 0 aromatic heterocycles. The zero-order valence-corrected chi connectivity index (χ0v) is 13.9. The highest BCUT2D eigenvalue weighted by Crippen LogP contribution is 2.22. The van der Waals surface area contributed by atoms with E-state index in [0.717, 1.165) is 11.6 Å². The Labute approximate surface area is 143 Å². The summed E-state index contributed by atoms with van der Waals surface area (Å²) in [4.78, 5) is 23.1. The van der Waals surface area contributed by atoms with E-state index in [-0.39, 0.29) is 17.5 Å². The van der Waals surface area contributed by atoms with E-state index >= 15 is 0 Å². The maximum atomic E-state index is 13.0. The highest BCUT2D eigenvalue weighted by atomic mass is 35.5. The summed E-state index contributed by atoms with van der Waals surface area (Å²) in [5.74, 6) is -0.857. The van der Waals surface area contributed by atoms with Gasteiger partial charge in [-0.3, -0.25) is 9.59 Å². The van der Waals surface area contributed by atoms with Crippen LogP contribution in [0.3, 0.4) is 0 Å². The minimum absolute atomic E-state index is 0.0774. The molecule has 0 saturated carbocycles. The number of aryl methyl sites for hydroxylation is 1. The van der Waals surface area contributed by atoms with E-state index in [1.54, 1.807) is 18.2 Å². The Morgan fingerprint density at radius 1 is 1.17 bits per heavy atom. The fourth-order valence-electron chi connectivity index (χ4n) is 1.94. The lowest BCUT2D eigenvalue weighted by molar-refractivity contribution is -0.118. The lowest BCUT2D eigenvalue weighted by Crippen LogP contribution is -2.20. The summed E-state index contributed by atoms with van der Waals surface area (Å²) in [5, 5.41) is 5.26. The van der Waals surface area contributed by atoms with Gasteiger partial charge >= 0.3 is 0 Å². The Hall–Kier alpha value is -2.60. The number of anilines is 2. The van der Waals surface area contributed by atoms with Crippen LogP contribution in [0.2, 0.25) is 5.02 Å². The monoisotopic (exact) mass is 350 g/mol. The minimum Gasteiger partial charge on any atom is -0.484 e. The first kappa shape index (κ1) is 17.7. The molecule has 7 heteroatoms. The number of nitrogens with one attached hydrogen (secondary N) is 2. The van der Waals surface area contributed by atoms with Gasteiger partial charge in [0.25, 0.3) is 5.91 Å². The van der Waals surface area contributed by atoms with E-state index in [1.807, 2.05) is 6.92 Å². The summed E-state index contributed by atoms with van der Waals surface area (Å²) >= 11 is 5.64. The van der Waals surface area contributed by atoms with Crippen molar-refractivity contribution in [3.63, 3.8) is 0 Å². The molecule has 24 heavy (non-hydrogen) atoms. The van der Waals surface area contributed by atoms with Crippen molar-refractivity contribution in [1.82, 2.24) is 0 Å². The van der Waals surface area contributed by atoms with Gasteiger partial charge in [-0.2, -0.15) is 0 Å². The van der Waals surface area contributed by atoms with Crippen molar-refractivity contribution in [2.24, 2.45) is 0 Å². The van der Waals surface area contributed by atoms with Crippen LogP contribution < -0.4 is 15.4 Å². The van der Waals surface area contributed by atoms with Crippen LogP contribution in [-0.4, -0.2) is 18.4 Å². The zero-order valence-electron chi connectivity index (χ0n) is 13.2. The molecular formula is C17H16ClFN2O3. The molecule has 2 amide bonds. The maximum absolute atomic E-state index is 13.0. The quantitative estimate of drug-likeness (QED) is 0.862. The number of carbonyl (C=O) groups is 2. The van der Waals surface area contributed by atoms with Crippen molar-refractivity contribution in [1.29, 1.82) is 0 Å². The van der Waals surface area contributed by atoms with Crippen molar-refractivity contribution in [3.8, 4) is 5.75 Å². The molecule has 0 aliphatic carbocycles. The second-order valence-electron chi connectivity index (χ2n) is 5.12. The Morgan fingerprint density at radius 3 is 2.58 bits per heavy atom. The highest BCUT2D eigenvalue weighted by Gasteiger charge is 2.08. The molecule has 2 aromatic rings.